The van der Waals surface area contributed by atoms with Crippen molar-refractivity contribution in [3.63, 3.8) is 0 Å². The molecular weight excluding hydrogens is 206 g/mol. The second-order valence-corrected chi connectivity index (χ2v) is 4.49. The van der Waals surface area contributed by atoms with Crippen molar-refractivity contribution in [1.29, 1.82) is 0 Å². The van der Waals surface area contributed by atoms with Crippen LogP contribution in [0.2, 0.25) is 0 Å². The van der Waals surface area contributed by atoms with Gasteiger partial charge in [-0.3, -0.25) is 9.59 Å². The molecule has 2 amide bonds. The Morgan fingerprint density at radius 3 is 3.00 bits per heavy atom. The fraction of sp³-hybridized carbons (Fsp3) is 0.818. The normalized spacial score (nSPS) is 28.1. The van der Waals surface area contributed by atoms with Crippen LogP contribution in [-0.2, 0) is 9.59 Å². The summed E-state index contributed by atoms with van der Waals surface area (Å²) in [5, 5.41) is 2.58. The van der Waals surface area contributed by atoms with Crippen molar-refractivity contribution in [3.8, 4) is 0 Å². The van der Waals surface area contributed by atoms with Gasteiger partial charge in [0.25, 0.3) is 0 Å². The van der Waals surface area contributed by atoms with Crippen LogP contribution in [0.15, 0.2) is 0 Å². The highest BCUT2D eigenvalue weighted by Crippen LogP contribution is 2.16. The van der Waals surface area contributed by atoms with E-state index in [0.717, 1.165) is 32.5 Å². The van der Waals surface area contributed by atoms with Gasteiger partial charge in [-0.25, -0.2) is 0 Å². The molecule has 5 nitrogen and oxygen atoms in total. The van der Waals surface area contributed by atoms with Crippen LogP contribution in [0.5, 0.6) is 0 Å². The third-order valence-corrected chi connectivity index (χ3v) is 3.44. The van der Waals surface area contributed by atoms with E-state index < -0.39 is 0 Å². The molecule has 1 atom stereocenters. The molecule has 2 aliphatic heterocycles. The molecule has 5 heteroatoms. The van der Waals surface area contributed by atoms with Gasteiger partial charge in [-0.2, -0.15) is 0 Å². The Bertz CT molecular complexity index is 293. The van der Waals surface area contributed by atoms with Crippen LogP contribution in [0.25, 0.3) is 0 Å². The largest absolute Gasteiger partial charge is 0.345 e. The molecule has 16 heavy (non-hydrogen) atoms. The maximum absolute atomic E-state index is 11.7. The van der Waals surface area contributed by atoms with Gasteiger partial charge in [-0.05, 0) is 25.9 Å². The first kappa shape index (κ1) is 11.4. The van der Waals surface area contributed by atoms with Crippen LogP contribution in [0.4, 0.5) is 0 Å². The average molecular weight is 225 g/mol. The predicted octanol–water partition coefficient (Wildman–Crippen LogP) is -0.571. The highest BCUT2D eigenvalue weighted by Gasteiger charge is 2.31. The van der Waals surface area contributed by atoms with E-state index in [1.54, 1.807) is 4.90 Å². The van der Waals surface area contributed by atoms with E-state index in [1.807, 2.05) is 0 Å². The lowest BCUT2D eigenvalue weighted by molar-refractivity contribution is -0.143. The minimum Gasteiger partial charge on any atom is -0.345 e. The topological polar surface area (TPSA) is 52.6 Å². The first-order chi connectivity index (χ1) is 7.70. The number of hydrogen-bond acceptors (Lipinski definition) is 3. The number of piperidine rings is 1. The van der Waals surface area contributed by atoms with Crippen LogP contribution in [0.3, 0.4) is 0 Å². The van der Waals surface area contributed by atoms with Gasteiger partial charge in [0.05, 0.1) is 13.1 Å². The standard InChI is InChI=1S/C11H19N3O2/c1-2-13-5-3-4-9(7-13)14-8-10(15)12-6-11(14)16/h9H,2-8H2,1H3,(H,12,15). The minimum atomic E-state index is -0.0341. The quantitative estimate of drug-likeness (QED) is 0.684. The summed E-state index contributed by atoms with van der Waals surface area (Å²) in [6.07, 6.45) is 2.14. The Kier molecular flexibility index (Phi) is 3.43. The average Bonchev–Trinajstić information content (AvgIpc) is 2.32. The monoisotopic (exact) mass is 225 g/mol. The summed E-state index contributed by atoms with van der Waals surface area (Å²) in [5.74, 6) is 0.0239. The van der Waals surface area contributed by atoms with Gasteiger partial charge in [-0.15, -0.1) is 0 Å². The zero-order valence-electron chi connectivity index (χ0n) is 9.74. The highest BCUT2D eigenvalue weighted by atomic mass is 16.2. The Labute approximate surface area is 95.8 Å². The molecule has 0 aromatic heterocycles. The van der Waals surface area contributed by atoms with Crippen molar-refractivity contribution in [2.45, 2.75) is 25.8 Å². The Morgan fingerprint density at radius 2 is 2.25 bits per heavy atom. The molecule has 2 aliphatic rings. The van der Waals surface area contributed by atoms with E-state index >= 15 is 0 Å². The summed E-state index contributed by atoms with van der Waals surface area (Å²) < 4.78 is 0. The molecule has 0 aliphatic carbocycles. The number of likely N-dealkylation sites (tertiary alicyclic amines) is 1. The molecular formula is C11H19N3O2. The molecule has 0 spiro atoms. The lowest BCUT2D eigenvalue weighted by Crippen LogP contribution is -2.58. The molecule has 1 unspecified atom stereocenters. The molecule has 0 aromatic carbocycles. The molecule has 2 fully saturated rings. The molecule has 0 radical (unpaired) electrons. The van der Waals surface area contributed by atoms with Crippen molar-refractivity contribution >= 4 is 11.8 Å². The summed E-state index contributed by atoms with van der Waals surface area (Å²) in [5.41, 5.74) is 0. The number of carbonyl (C=O) groups excluding carboxylic acids is 2. The number of rotatable bonds is 2. The van der Waals surface area contributed by atoms with E-state index in [9.17, 15) is 9.59 Å². The first-order valence-corrected chi connectivity index (χ1v) is 5.99. The van der Waals surface area contributed by atoms with Crippen molar-refractivity contribution < 1.29 is 9.59 Å². The molecule has 0 aromatic rings. The lowest BCUT2D eigenvalue weighted by Gasteiger charge is -2.40. The van der Waals surface area contributed by atoms with Gasteiger partial charge >= 0.3 is 0 Å². The third-order valence-electron chi connectivity index (χ3n) is 3.44. The SMILES string of the molecule is CCN1CCCC(N2CC(=O)NCC2=O)C1. The summed E-state index contributed by atoms with van der Waals surface area (Å²) in [4.78, 5) is 27.1. The maximum atomic E-state index is 11.7. The lowest BCUT2D eigenvalue weighted by atomic mass is 10.0. The minimum absolute atomic E-state index is 0.0341. The Balaban J connectivity index is 1.99. The van der Waals surface area contributed by atoms with Gasteiger partial charge in [0.2, 0.25) is 11.8 Å². The van der Waals surface area contributed by atoms with Crippen LogP contribution in [0.1, 0.15) is 19.8 Å². The molecule has 0 bridgehead atoms. The number of nitrogens with one attached hydrogen (secondary N) is 1. The smallest absolute Gasteiger partial charge is 0.242 e. The van der Waals surface area contributed by atoms with Gasteiger partial charge in [0.15, 0.2) is 0 Å². The van der Waals surface area contributed by atoms with Gasteiger partial charge in [0, 0.05) is 12.6 Å². The van der Waals surface area contributed by atoms with Crippen LogP contribution in [0, 0.1) is 0 Å². The Hall–Kier alpha value is -1.10. The predicted molar refractivity (Wildman–Crippen MR) is 59.9 cm³/mol. The molecule has 1 N–H and O–H groups in total. The van der Waals surface area contributed by atoms with E-state index in [4.69, 9.17) is 0 Å². The zero-order valence-corrected chi connectivity index (χ0v) is 9.74. The van der Waals surface area contributed by atoms with E-state index in [-0.39, 0.29) is 30.9 Å². The van der Waals surface area contributed by atoms with E-state index in [2.05, 4.69) is 17.1 Å². The number of amides is 2. The first-order valence-electron chi connectivity index (χ1n) is 5.99. The van der Waals surface area contributed by atoms with Crippen molar-refractivity contribution in [2.24, 2.45) is 0 Å². The number of likely N-dealkylation sites (N-methyl/N-ethyl adjacent to an activating group) is 1. The van der Waals surface area contributed by atoms with Crippen LogP contribution < -0.4 is 5.32 Å². The zero-order chi connectivity index (χ0) is 11.5. The fourth-order valence-electron chi connectivity index (χ4n) is 2.48. The highest BCUT2D eigenvalue weighted by molar-refractivity contribution is 5.92. The summed E-state index contributed by atoms with van der Waals surface area (Å²) >= 11 is 0. The molecule has 2 saturated heterocycles. The molecule has 2 heterocycles. The number of nitrogens with zero attached hydrogens (tertiary/aromatic N) is 2. The number of carbonyl (C=O) groups is 2. The Morgan fingerprint density at radius 1 is 1.44 bits per heavy atom. The van der Waals surface area contributed by atoms with Crippen LogP contribution >= 0.6 is 0 Å². The molecule has 2 rings (SSSR count). The second kappa shape index (κ2) is 4.82. The van der Waals surface area contributed by atoms with Gasteiger partial charge < -0.3 is 15.1 Å². The van der Waals surface area contributed by atoms with Crippen molar-refractivity contribution in [3.05, 3.63) is 0 Å². The van der Waals surface area contributed by atoms with Crippen molar-refractivity contribution in [2.75, 3.05) is 32.7 Å². The van der Waals surface area contributed by atoms with Crippen LogP contribution in [-0.4, -0.2) is 60.4 Å². The maximum Gasteiger partial charge on any atom is 0.242 e. The summed E-state index contributed by atoms with van der Waals surface area (Å²) in [6.45, 7) is 5.58. The summed E-state index contributed by atoms with van der Waals surface area (Å²) in [6, 6.07) is 0.229. The second-order valence-electron chi connectivity index (χ2n) is 4.49. The molecule has 0 saturated carbocycles. The number of piperazine rings is 1. The van der Waals surface area contributed by atoms with Gasteiger partial charge in [0.1, 0.15) is 0 Å². The summed E-state index contributed by atoms with van der Waals surface area (Å²) in [7, 11) is 0. The number of hydrogen-bond donors (Lipinski definition) is 1. The fourth-order valence-corrected chi connectivity index (χ4v) is 2.48. The van der Waals surface area contributed by atoms with E-state index in [1.165, 1.54) is 0 Å². The third kappa shape index (κ3) is 2.35. The molecule has 90 valence electrons. The van der Waals surface area contributed by atoms with Crippen molar-refractivity contribution in [1.82, 2.24) is 15.1 Å². The van der Waals surface area contributed by atoms with E-state index in [0.29, 0.717) is 0 Å². The van der Waals surface area contributed by atoms with Gasteiger partial charge in [-0.1, -0.05) is 6.92 Å².